The summed E-state index contributed by atoms with van der Waals surface area (Å²) >= 11 is 0. The van der Waals surface area contributed by atoms with Crippen molar-refractivity contribution < 1.29 is 0 Å². The molecular formula is C16H34N2. The van der Waals surface area contributed by atoms with Crippen LogP contribution in [-0.4, -0.2) is 36.6 Å². The van der Waals surface area contributed by atoms with Crippen LogP contribution in [0, 0.1) is 0 Å². The molecule has 1 saturated heterocycles. The molecule has 2 nitrogen and oxygen atoms in total. The number of nitrogens with one attached hydrogen (secondary N) is 1. The Bertz CT molecular complexity index is 194. The Morgan fingerprint density at radius 2 is 1.89 bits per heavy atom. The molecule has 0 amide bonds. The van der Waals surface area contributed by atoms with Crippen LogP contribution in [-0.2, 0) is 0 Å². The van der Waals surface area contributed by atoms with E-state index in [4.69, 9.17) is 0 Å². The van der Waals surface area contributed by atoms with E-state index >= 15 is 0 Å². The molecule has 18 heavy (non-hydrogen) atoms. The lowest BCUT2D eigenvalue weighted by Crippen LogP contribution is -2.51. The Morgan fingerprint density at radius 3 is 2.61 bits per heavy atom. The first-order chi connectivity index (χ1) is 8.79. The van der Waals surface area contributed by atoms with E-state index in [-0.39, 0.29) is 0 Å². The monoisotopic (exact) mass is 254 g/mol. The predicted molar refractivity (Wildman–Crippen MR) is 81.1 cm³/mol. The van der Waals surface area contributed by atoms with Crippen molar-refractivity contribution in [3.8, 4) is 0 Å². The lowest BCUT2D eigenvalue weighted by atomic mass is 9.96. The molecule has 2 atom stereocenters. The summed E-state index contributed by atoms with van der Waals surface area (Å²) in [5.74, 6) is 0. The van der Waals surface area contributed by atoms with Crippen LogP contribution in [0.3, 0.4) is 0 Å². The topological polar surface area (TPSA) is 15.3 Å². The molecule has 0 saturated carbocycles. The molecule has 0 aromatic carbocycles. The highest BCUT2D eigenvalue weighted by Crippen LogP contribution is 2.20. The van der Waals surface area contributed by atoms with Crippen molar-refractivity contribution in [1.29, 1.82) is 0 Å². The molecule has 0 aromatic heterocycles. The molecular weight excluding hydrogens is 220 g/mol. The molecule has 0 aromatic rings. The second-order valence-corrected chi connectivity index (χ2v) is 5.86. The maximum atomic E-state index is 3.61. The lowest BCUT2D eigenvalue weighted by Gasteiger charge is -2.39. The van der Waals surface area contributed by atoms with Crippen LogP contribution >= 0.6 is 0 Å². The minimum absolute atomic E-state index is 0.658. The van der Waals surface area contributed by atoms with Crippen LogP contribution in [0.1, 0.15) is 72.1 Å². The Hall–Kier alpha value is -0.0800. The number of nitrogens with zero attached hydrogens (tertiary/aromatic N) is 1. The maximum Gasteiger partial charge on any atom is 0.0246 e. The van der Waals surface area contributed by atoms with Gasteiger partial charge in [-0.2, -0.15) is 0 Å². The van der Waals surface area contributed by atoms with Gasteiger partial charge in [-0.25, -0.2) is 0 Å². The first kappa shape index (κ1) is 16.0. The molecule has 0 radical (unpaired) electrons. The van der Waals surface area contributed by atoms with Crippen molar-refractivity contribution in [2.75, 3.05) is 19.6 Å². The third-order valence-corrected chi connectivity index (χ3v) is 4.32. The standard InChI is InChI=1S/C16H34N2/c1-4-6-7-8-10-13-18-14-11-9-12-16(18)15(3)17-5-2/h15-17H,4-14H2,1-3H3. The van der Waals surface area contributed by atoms with Gasteiger partial charge in [0.05, 0.1) is 0 Å². The van der Waals surface area contributed by atoms with Gasteiger partial charge >= 0.3 is 0 Å². The number of rotatable bonds is 9. The summed E-state index contributed by atoms with van der Waals surface area (Å²) in [6.07, 6.45) is 11.2. The average Bonchev–Trinajstić information content (AvgIpc) is 2.39. The quantitative estimate of drug-likeness (QED) is 0.629. The van der Waals surface area contributed by atoms with E-state index in [9.17, 15) is 0 Å². The Labute approximate surface area is 115 Å². The van der Waals surface area contributed by atoms with E-state index in [2.05, 4.69) is 31.0 Å². The summed E-state index contributed by atoms with van der Waals surface area (Å²) in [6, 6.07) is 1.44. The van der Waals surface area contributed by atoms with Gasteiger partial charge in [-0.1, -0.05) is 46.0 Å². The van der Waals surface area contributed by atoms with Crippen LogP contribution in [0.5, 0.6) is 0 Å². The number of hydrogen-bond donors (Lipinski definition) is 1. The van der Waals surface area contributed by atoms with Gasteiger partial charge in [-0.15, -0.1) is 0 Å². The molecule has 1 aliphatic rings. The van der Waals surface area contributed by atoms with Gasteiger partial charge in [-0.05, 0) is 45.8 Å². The summed E-state index contributed by atoms with van der Waals surface area (Å²) in [4.78, 5) is 2.75. The Kier molecular flexibility index (Phi) is 8.70. The minimum Gasteiger partial charge on any atom is -0.313 e. The molecule has 1 rings (SSSR count). The predicted octanol–water partition coefficient (Wildman–Crippen LogP) is 3.81. The highest BCUT2D eigenvalue weighted by molar-refractivity contribution is 4.84. The second kappa shape index (κ2) is 9.80. The highest BCUT2D eigenvalue weighted by Gasteiger charge is 2.26. The molecule has 0 aliphatic carbocycles. The van der Waals surface area contributed by atoms with E-state index in [0.29, 0.717) is 6.04 Å². The van der Waals surface area contributed by atoms with Gasteiger partial charge in [0, 0.05) is 12.1 Å². The number of likely N-dealkylation sites (tertiary alicyclic amines) is 1. The van der Waals surface area contributed by atoms with Gasteiger partial charge in [0.2, 0.25) is 0 Å². The van der Waals surface area contributed by atoms with E-state index in [1.807, 2.05) is 0 Å². The molecule has 108 valence electrons. The van der Waals surface area contributed by atoms with Gasteiger partial charge in [0.25, 0.3) is 0 Å². The van der Waals surface area contributed by atoms with E-state index in [0.717, 1.165) is 12.6 Å². The zero-order valence-electron chi connectivity index (χ0n) is 12.9. The Balaban J connectivity index is 2.26. The number of likely N-dealkylation sites (N-methyl/N-ethyl adjacent to an activating group) is 1. The summed E-state index contributed by atoms with van der Waals surface area (Å²) in [7, 11) is 0. The van der Waals surface area contributed by atoms with Gasteiger partial charge in [0.15, 0.2) is 0 Å². The first-order valence-corrected chi connectivity index (χ1v) is 8.27. The van der Waals surface area contributed by atoms with E-state index in [1.54, 1.807) is 0 Å². The SMILES string of the molecule is CCCCCCCN1CCCCC1C(C)NCC. The number of hydrogen-bond acceptors (Lipinski definition) is 2. The maximum absolute atomic E-state index is 3.61. The lowest BCUT2D eigenvalue weighted by molar-refractivity contribution is 0.117. The molecule has 1 aliphatic heterocycles. The fraction of sp³-hybridized carbons (Fsp3) is 1.00. The molecule has 2 heteroatoms. The minimum atomic E-state index is 0.658. The van der Waals surface area contributed by atoms with Crippen molar-refractivity contribution in [2.45, 2.75) is 84.2 Å². The highest BCUT2D eigenvalue weighted by atomic mass is 15.2. The molecule has 1 heterocycles. The fourth-order valence-corrected chi connectivity index (χ4v) is 3.24. The van der Waals surface area contributed by atoms with Crippen molar-refractivity contribution in [1.82, 2.24) is 10.2 Å². The molecule has 2 unspecified atom stereocenters. The van der Waals surface area contributed by atoms with Crippen LogP contribution in [0.2, 0.25) is 0 Å². The van der Waals surface area contributed by atoms with Gasteiger partial charge in [-0.3, -0.25) is 4.90 Å². The summed E-state index contributed by atoms with van der Waals surface area (Å²) < 4.78 is 0. The van der Waals surface area contributed by atoms with E-state index < -0.39 is 0 Å². The first-order valence-electron chi connectivity index (χ1n) is 8.27. The van der Waals surface area contributed by atoms with Crippen molar-refractivity contribution >= 4 is 0 Å². The smallest absolute Gasteiger partial charge is 0.0246 e. The number of unbranched alkanes of at least 4 members (excludes halogenated alkanes) is 4. The normalized spacial score (nSPS) is 23.2. The summed E-state index contributed by atoms with van der Waals surface area (Å²) in [6.45, 7) is 10.6. The third-order valence-electron chi connectivity index (χ3n) is 4.32. The average molecular weight is 254 g/mol. The largest absolute Gasteiger partial charge is 0.313 e. The van der Waals surface area contributed by atoms with Crippen LogP contribution < -0.4 is 5.32 Å². The fourth-order valence-electron chi connectivity index (χ4n) is 3.24. The second-order valence-electron chi connectivity index (χ2n) is 5.86. The molecule has 1 N–H and O–H groups in total. The Morgan fingerprint density at radius 1 is 1.11 bits per heavy atom. The van der Waals surface area contributed by atoms with E-state index in [1.165, 1.54) is 64.5 Å². The molecule has 0 spiro atoms. The van der Waals surface area contributed by atoms with Crippen LogP contribution in [0.15, 0.2) is 0 Å². The van der Waals surface area contributed by atoms with Gasteiger partial charge in [0.1, 0.15) is 0 Å². The zero-order valence-corrected chi connectivity index (χ0v) is 12.9. The van der Waals surface area contributed by atoms with Crippen molar-refractivity contribution in [3.05, 3.63) is 0 Å². The van der Waals surface area contributed by atoms with Crippen LogP contribution in [0.4, 0.5) is 0 Å². The number of piperidine rings is 1. The third kappa shape index (κ3) is 5.71. The van der Waals surface area contributed by atoms with Crippen molar-refractivity contribution in [2.24, 2.45) is 0 Å². The molecule has 1 fully saturated rings. The van der Waals surface area contributed by atoms with Crippen LogP contribution in [0.25, 0.3) is 0 Å². The van der Waals surface area contributed by atoms with Gasteiger partial charge < -0.3 is 5.32 Å². The summed E-state index contributed by atoms with van der Waals surface area (Å²) in [5, 5.41) is 3.61. The zero-order chi connectivity index (χ0) is 13.2. The molecule has 0 bridgehead atoms. The van der Waals surface area contributed by atoms with Crippen molar-refractivity contribution in [3.63, 3.8) is 0 Å². The summed E-state index contributed by atoms with van der Waals surface area (Å²) in [5.41, 5.74) is 0.